The lowest BCUT2D eigenvalue weighted by molar-refractivity contribution is -0.128. The van der Waals surface area contributed by atoms with Gasteiger partial charge in [-0.3, -0.25) is 4.79 Å². The fourth-order valence-corrected chi connectivity index (χ4v) is 6.58. The first-order valence-corrected chi connectivity index (χ1v) is 14.0. The summed E-state index contributed by atoms with van der Waals surface area (Å²) >= 11 is 0. The van der Waals surface area contributed by atoms with Gasteiger partial charge in [-0.25, -0.2) is 0 Å². The van der Waals surface area contributed by atoms with E-state index >= 15 is 0 Å². The Morgan fingerprint density at radius 1 is 1.29 bits per heavy atom. The summed E-state index contributed by atoms with van der Waals surface area (Å²) in [4.78, 5) is 13.0. The Kier molecular flexibility index (Phi) is 6.16. The van der Waals surface area contributed by atoms with Crippen LogP contribution in [0.25, 0.3) is 0 Å². The van der Waals surface area contributed by atoms with E-state index in [1.165, 1.54) is 11.1 Å². The molecule has 0 aromatic carbocycles. The number of hydrogen-bond acceptors (Lipinski definition) is 3. The van der Waals surface area contributed by atoms with Crippen molar-refractivity contribution in [2.45, 2.75) is 103 Å². The maximum absolute atomic E-state index is 13.0. The minimum Gasteiger partial charge on any atom is -0.411 e. The molecule has 2 bridgehead atoms. The van der Waals surface area contributed by atoms with Gasteiger partial charge in [-0.2, -0.15) is 0 Å². The second-order valence-corrected chi connectivity index (χ2v) is 15.7. The summed E-state index contributed by atoms with van der Waals surface area (Å²) in [6.45, 7) is 20.1. The fourth-order valence-electron chi connectivity index (χ4n) is 5.21. The second-order valence-electron chi connectivity index (χ2n) is 10.9. The summed E-state index contributed by atoms with van der Waals surface area (Å²) in [5.41, 5.74) is 2.55. The minimum absolute atomic E-state index is 0.00418. The maximum atomic E-state index is 13.0. The van der Waals surface area contributed by atoms with Crippen LogP contribution in [-0.2, 0) is 14.0 Å². The average Bonchev–Trinajstić information content (AvgIpc) is 2.94. The van der Waals surface area contributed by atoms with Gasteiger partial charge in [0.25, 0.3) is 0 Å². The summed E-state index contributed by atoms with van der Waals surface area (Å²) in [5.74, 6) is 0.998. The van der Waals surface area contributed by atoms with Crippen molar-refractivity contribution in [2.75, 3.05) is 0 Å². The Balaban J connectivity index is 1.99. The van der Waals surface area contributed by atoms with E-state index in [1.807, 2.05) is 0 Å². The van der Waals surface area contributed by atoms with Crippen molar-refractivity contribution in [2.24, 2.45) is 17.8 Å². The monoisotopic (exact) mass is 404 g/mol. The zero-order valence-electron chi connectivity index (χ0n) is 19.0. The number of ketones is 1. The second kappa shape index (κ2) is 7.85. The van der Waals surface area contributed by atoms with E-state index < -0.39 is 8.32 Å². The van der Waals surface area contributed by atoms with E-state index in [-0.39, 0.29) is 35.2 Å². The molecule has 1 aliphatic carbocycles. The highest BCUT2D eigenvalue weighted by Gasteiger charge is 2.56. The molecule has 28 heavy (non-hydrogen) atoms. The topological polar surface area (TPSA) is 35.5 Å². The first-order valence-electron chi connectivity index (χ1n) is 11.1. The number of Topliss-reactive ketones (excluding diaryl/α,β-unsaturated/α-hetero) is 1. The van der Waals surface area contributed by atoms with Crippen LogP contribution in [0, 0.1) is 17.8 Å². The number of fused-ring (bicyclic) bond motifs is 5. The lowest BCUT2D eigenvalue weighted by atomic mass is 9.65. The van der Waals surface area contributed by atoms with Gasteiger partial charge in [0, 0.05) is 12.3 Å². The van der Waals surface area contributed by atoms with Crippen LogP contribution in [-0.4, -0.2) is 32.4 Å². The van der Waals surface area contributed by atoms with Gasteiger partial charge in [0.2, 0.25) is 0 Å². The number of carbonyl (C=O) groups is 1. The Bertz CT molecular complexity index is 657. The van der Waals surface area contributed by atoms with E-state index in [0.29, 0.717) is 18.1 Å². The molecule has 2 aliphatic heterocycles. The highest BCUT2D eigenvalue weighted by atomic mass is 28.4. The van der Waals surface area contributed by atoms with Crippen molar-refractivity contribution >= 4 is 14.1 Å². The van der Waals surface area contributed by atoms with Crippen molar-refractivity contribution < 1.29 is 14.0 Å². The standard InChI is InChI=1S/C24H40O3Si/c1-15(2)17-12-13-18(25)22-20-14-16(3)10-9-11-19(23(26-20)21(17)22)27-28(7,8)24(4,5)6/h10,17,19-23H,1,9,11-14H2,2-8H3/b16-10+/t17-,19+,20-,21-,22-,23+/m1/s1. The molecule has 0 aromatic heterocycles. The highest BCUT2D eigenvalue weighted by molar-refractivity contribution is 6.74. The fraction of sp³-hybridized carbons (Fsp3) is 0.792. The summed E-state index contributed by atoms with van der Waals surface area (Å²) in [6, 6.07) is 0. The molecule has 0 N–H and O–H groups in total. The Morgan fingerprint density at radius 3 is 2.57 bits per heavy atom. The summed E-state index contributed by atoms with van der Waals surface area (Å²) < 4.78 is 13.7. The first kappa shape index (κ1) is 22.0. The molecule has 6 atom stereocenters. The largest absolute Gasteiger partial charge is 0.411 e. The molecule has 4 heteroatoms. The lowest BCUT2D eigenvalue weighted by Gasteiger charge is -2.43. The zero-order valence-corrected chi connectivity index (χ0v) is 20.0. The van der Waals surface area contributed by atoms with Crippen molar-refractivity contribution in [3.63, 3.8) is 0 Å². The predicted molar refractivity (Wildman–Crippen MR) is 118 cm³/mol. The quantitative estimate of drug-likeness (QED) is 0.423. The van der Waals surface area contributed by atoms with Crippen molar-refractivity contribution in [1.82, 2.24) is 0 Å². The molecule has 2 heterocycles. The Labute approximate surface area is 173 Å². The summed E-state index contributed by atoms with van der Waals surface area (Å²) in [5, 5.41) is 0.157. The molecule has 0 spiro atoms. The maximum Gasteiger partial charge on any atom is 0.192 e. The lowest BCUT2D eigenvalue weighted by Crippen LogP contribution is -2.50. The molecule has 0 amide bonds. The van der Waals surface area contributed by atoms with E-state index in [4.69, 9.17) is 9.16 Å². The third-order valence-electron chi connectivity index (χ3n) is 7.78. The molecule has 3 nitrogen and oxygen atoms in total. The molecular weight excluding hydrogens is 364 g/mol. The molecule has 158 valence electrons. The van der Waals surface area contributed by atoms with Crippen LogP contribution < -0.4 is 0 Å². The van der Waals surface area contributed by atoms with Gasteiger partial charge in [0.1, 0.15) is 5.78 Å². The van der Waals surface area contributed by atoms with E-state index in [2.05, 4.69) is 60.4 Å². The minimum atomic E-state index is -1.93. The van der Waals surface area contributed by atoms with Gasteiger partial charge < -0.3 is 9.16 Å². The molecule has 0 aromatic rings. The first-order chi connectivity index (χ1) is 12.9. The normalized spacial score (nSPS) is 38.7. The van der Waals surface area contributed by atoms with Crippen LogP contribution in [0.15, 0.2) is 23.8 Å². The zero-order chi connectivity index (χ0) is 20.9. The smallest absolute Gasteiger partial charge is 0.192 e. The SMILES string of the molecule is C=C(C)[C@H]1CCC(=O)[C@H]2[C@@H]1[C@H]1O[C@@H]2C/C(C)=C/CC[C@@H]1O[Si](C)(C)C(C)(C)C. The van der Waals surface area contributed by atoms with Crippen molar-refractivity contribution in [3.05, 3.63) is 23.8 Å². The van der Waals surface area contributed by atoms with Gasteiger partial charge in [-0.1, -0.05) is 44.6 Å². The van der Waals surface area contributed by atoms with E-state index in [0.717, 1.165) is 25.7 Å². The summed E-state index contributed by atoms with van der Waals surface area (Å²) in [7, 11) is -1.93. The number of allylic oxidation sites excluding steroid dienone is 2. The van der Waals surface area contributed by atoms with Crippen LogP contribution in [0.4, 0.5) is 0 Å². The van der Waals surface area contributed by atoms with Gasteiger partial charge in [-0.05, 0) is 63.6 Å². The molecular formula is C24H40O3Si. The number of rotatable bonds is 3. The molecule has 1 saturated heterocycles. The van der Waals surface area contributed by atoms with Crippen molar-refractivity contribution in [3.8, 4) is 0 Å². The van der Waals surface area contributed by atoms with E-state index in [1.54, 1.807) is 0 Å². The molecule has 0 unspecified atom stereocenters. The predicted octanol–water partition coefficient (Wildman–Crippen LogP) is 6.06. The third-order valence-corrected chi connectivity index (χ3v) is 12.3. The van der Waals surface area contributed by atoms with E-state index in [9.17, 15) is 4.79 Å². The number of carbonyl (C=O) groups excluding carboxylic acids is 1. The highest BCUT2D eigenvalue weighted by Crippen LogP contribution is 2.51. The number of ether oxygens (including phenoxy) is 1. The molecule has 3 aliphatic rings. The third kappa shape index (κ3) is 4.10. The number of hydrogen-bond donors (Lipinski definition) is 0. The molecule has 2 fully saturated rings. The van der Waals surface area contributed by atoms with Crippen LogP contribution >= 0.6 is 0 Å². The van der Waals surface area contributed by atoms with Gasteiger partial charge in [0.15, 0.2) is 8.32 Å². The molecule has 1 saturated carbocycles. The van der Waals surface area contributed by atoms with Gasteiger partial charge in [-0.15, -0.1) is 0 Å². The molecule has 3 rings (SSSR count). The van der Waals surface area contributed by atoms with Crippen LogP contribution in [0.3, 0.4) is 0 Å². The Morgan fingerprint density at radius 2 is 1.96 bits per heavy atom. The van der Waals surface area contributed by atoms with Crippen LogP contribution in [0.2, 0.25) is 18.1 Å². The van der Waals surface area contributed by atoms with Crippen molar-refractivity contribution in [1.29, 1.82) is 0 Å². The van der Waals surface area contributed by atoms with Crippen LogP contribution in [0.1, 0.15) is 66.7 Å². The van der Waals surface area contributed by atoms with Crippen LogP contribution in [0.5, 0.6) is 0 Å². The Hall–Kier alpha value is -0.713. The van der Waals surface area contributed by atoms with Gasteiger partial charge in [0.05, 0.1) is 24.2 Å². The molecule has 0 radical (unpaired) electrons. The summed E-state index contributed by atoms with van der Waals surface area (Å²) in [6.07, 6.45) is 6.88. The average molecular weight is 405 g/mol. The van der Waals surface area contributed by atoms with Gasteiger partial charge >= 0.3 is 0 Å².